The molecule has 92 valence electrons. The number of rotatable bonds is 2. The van der Waals surface area contributed by atoms with Crippen molar-refractivity contribution >= 4 is 46.0 Å². The zero-order valence-electron chi connectivity index (χ0n) is 9.27. The minimum Gasteiger partial charge on any atom is -0.398 e. The van der Waals surface area contributed by atoms with Gasteiger partial charge in [-0.3, -0.25) is 0 Å². The Hall–Kier alpha value is -1.78. The molecule has 0 saturated heterocycles. The van der Waals surface area contributed by atoms with Crippen molar-refractivity contribution in [1.82, 2.24) is 0 Å². The normalized spacial score (nSPS) is 11.0. The van der Waals surface area contributed by atoms with E-state index in [4.69, 9.17) is 34.7 Å². The van der Waals surface area contributed by atoms with Gasteiger partial charge in [0, 0.05) is 0 Å². The third kappa shape index (κ3) is 2.91. The highest BCUT2D eigenvalue weighted by Gasteiger charge is 1.99. The van der Waals surface area contributed by atoms with Crippen molar-refractivity contribution in [1.29, 1.82) is 0 Å². The molecule has 0 aliphatic carbocycles. The summed E-state index contributed by atoms with van der Waals surface area (Å²) in [5.41, 5.74) is 13.4. The first-order chi connectivity index (χ1) is 8.56. The van der Waals surface area contributed by atoms with Gasteiger partial charge in [-0.1, -0.05) is 23.2 Å². The Morgan fingerprint density at radius 3 is 1.44 bits per heavy atom. The van der Waals surface area contributed by atoms with Crippen LogP contribution in [-0.2, 0) is 0 Å². The highest BCUT2D eigenvalue weighted by Crippen LogP contribution is 2.28. The zero-order valence-corrected chi connectivity index (χ0v) is 10.8. The molecular formula is C12H10Cl2N4. The molecule has 0 aromatic heterocycles. The summed E-state index contributed by atoms with van der Waals surface area (Å²) < 4.78 is 0. The molecule has 0 saturated carbocycles. The van der Waals surface area contributed by atoms with Crippen LogP contribution in [0.4, 0.5) is 22.7 Å². The summed E-state index contributed by atoms with van der Waals surface area (Å²) >= 11 is 11.8. The van der Waals surface area contributed by atoms with Crippen LogP contribution in [0.2, 0.25) is 10.0 Å². The lowest BCUT2D eigenvalue weighted by Crippen LogP contribution is -1.84. The lowest BCUT2D eigenvalue weighted by atomic mass is 10.3. The number of hydrogen-bond donors (Lipinski definition) is 2. The molecule has 4 N–H and O–H groups in total. The lowest BCUT2D eigenvalue weighted by molar-refractivity contribution is 1.23. The number of halogens is 2. The molecule has 0 aliphatic rings. The largest absolute Gasteiger partial charge is 0.398 e. The van der Waals surface area contributed by atoms with Crippen molar-refractivity contribution in [2.24, 2.45) is 10.2 Å². The molecule has 0 aliphatic heterocycles. The van der Waals surface area contributed by atoms with E-state index >= 15 is 0 Å². The van der Waals surface area contributed by atoms with E-state index in [-0.39, 0.29) is 0 Å². The molecule has 0 radical (unpaired) electrons. The minimum absolute atomic E-state index is 0.446. The fraction of sp³-hybridized carbons (Fsp3) is 0. The minimum atomic E-state index is 0.446. The molecule has 0 unspecified atom stereocenters. The first-order valence-corrected chi connectivity index (χ1v) is 5.83. The van der Waals surface area contributed by atoms with E-state index in [1.807, 2.05) is 0 Å². The maximum atomic E-state index is 5.88. The second-order valence-electron chi connectivity index (χ2n) is 3.61. The van der Waals surface area contributed by atoms with Gasteiger partial charge in [-0.2, -0.15) is 10.2 Å². The maximum Gasteiger partial charge on any atom is 0.0873 e. The molecule has 0 amide bonds. The summed E-state index contributed by atoms with van der Waals surface area (Å²) in [6.07, 6.45) is 0. The molecule has 0 spiro atoms. The molecule has 6 heteroatoms. The zero-order chi connectivity index (χ0) is 13.1. The van der Waals surface area contributed by atoms with E-state index in [2.05, 4.69) is 10.2 Å². The monoisotopic (exact) mass is 280 g/mol. The number of azo groups is 1. The molecule has 18 heavy (non-hydrogen) atoms. The Morgan fingerprint density at radius 1 is 0.722 bits per heavy atom. The summed E-state index contributed by atoms with van der Waals surface area (Å²) in [7, 11) is 0. The quantitative estimate of drug-likeness (QED) is 0.624. The van der Waals surface area contributed by atoms with Crippen molar-refractivity contribution in [2.45, 2.75) is 0 Å². The van der Waals surface area contributed by atoms with E-state index < -0.39 is 0 Å². The standard InChI is InChI=1S/C12H10Cl2N4/c13-9-5-7(1-3-11(9)15)17-18-8-2-4-12(16)10(14)6-8/h1-6H,15-16H2/b18-17+. The van der Waals surface area contributed by atoms with Crippen molar-refractivity contribution in [3.8, 4) is 0 Å². The second kappa shape index (κ2) is 5.25. The highest BCUT2D eigenvalue weighted by molar-refractivity contribution is 6.33. The van der Waals surface area contributed by atoms with Crippen molar-refractivity contribution in [3.63, 3.8) is 0 Å². The fourth-order valence-corrected chi connectivity index (χ4v) is 1.62. The highest BCUT2D eigenvalue weighted by atomic mass is 35.5. The predicted octanol–water partition coefficient (Wildman–Crippen LogP) is 4.57. The van der Waals surface area contributed by atoms with E-state index in [0.717, 1.165) is 0 Å². The lowest BCUT2D eigenvalue weighted by Gasteiger charge is -1.99. The number of nitrogens with two attached hydrogens (primary N) is 2. The van der Waals surface area contributed by atoms with Gasteiger partial charge in [0.1, 0.15) is 0 Å². The van der Waals surface area contributed by atoms with Gasteiger partial charge in [-0.05, 0) is 36.4 Å². The molecule has 2 aromatic rings. The Labute approximate surface area is 114 Å². The molecule has 0 heterocycles. The molecule has 0 atom stereocenters. The van der Waals surface area contributed by atoms with E-state index in [1.54, 1.807) is 36.4 Å². The smallest absolute Gasteiger partial charge is 0.0873 e. The van der Waals surface area contributed by atoms with Gasteiger partial charge >= 0.3 is 0 Å². The van der Waals surface area contributed by atoms with Crippen molar-refractivity contribution in [3.05, 3.63) is 46.4 Å². The maximum absolute atomic E-state index is 5.88. The van der Waals surface area contributed by atoms with E-state index in [9.17, 15) is 0 Å². The van der Waals surface area contributed by atoms with Gasteiger partial charge in [0.25, 0.3) is 0 Å². The average Bonchev–Trinajstić information content (AvgIpc) is 2.35. The van der Waals surface area contributed by atoms with Crippen LogP contribution in [0.15, 0.2) is 46.6 Å². The van der Waals surface area contributed by atoms with Gasteiger partial charge in [-0.15, -0.1) is 0 Å². The van der Waals surface area contributed by atoms with Gasteiger partial charge in [0.2, 0.25) is 0 Å². The van der Waals surface area contributed by atoms with Gasteiger partial charge in [0.05, 0.1) is 32.8 Å². The molecular weight excluding hydrogens is 271 g/mol. The third-order valence-electron chi connectivity index (χ3n) is 2.25. The first-order valence-electron chi connectivity index (χ1n) is 5.08. The number of hydrogen-bond acceptors (Lipinski definition) is 4. The van der Waals surface area contributed by atoms with Gasteiger partial charge in [0.15, 0.2) is 0 Å². The Kier molecular flexibility index (Phi) is 3.69. The fourth-order valence-electron chi connectivity index (χ4n) is 1.27. The molecule has 0 fully saturated rings. The van der Waals surface area contributed by atoms with Crippen LogP contribution in [0.5, 0.6) is 0 Å². The predicted molar refractivity (Wildman–Crippen MR) is 75.9 cm³/mol. The molecule has 4 nitrogen and oxygen atoms in total. The average molecular weight is 281 g/mol. The topological polar surface area (TPSA) is 76.8 Å². The van der Waals surface area contributed by atoms with Crippen LogP contribution in [0.3, 0.4) is 0 Å². The third-order valence-corrected chi connectivity index (χ3v) is 2.90. The number of benzene rings is 2. The second-order valence-corrected chi connectivity index (χ2v) is 4.43. The SMILES string of the molecule is Nc1ccc(/N=N/c2ccc(N)c(Cl)c2)cc1Cl. The van der Waals surface area contributed by atoms with E-state index in [0.29, 0.717) is 32.8 Å². The molecule has 2 rings (SSSR count). The summed E-state index contributed by atoms with van der Waals surface area (Å²) in [5.74, 6) is 0. The molecule has 2 aromatic carbocycles. The Morgan fingerprint density at radius 2 is 1.11 bits per heavy atom. The van der Waals surface area contributed by atoms with Crippen molar-refractivity contribution in [2.75, 3.05) is 11.5 Å². The Bertz CT molecular complexity index is 558. The first kappa shape index (κ1) is 12.7. The summed E-state index contributed by atoms with van der Waals surface area (Å²) in [5, 5.41) is 8.96. The van der Waals surface area contributed by atoms with Crippen LogP contribution in [0, 0.1) is 0 Å². The number of nitrogens with zero attached hydrogens (tertiary/aromatic N) is 2. The number of anilines is 2. The van der Waals surface area contributed by atoms with Crippen molar-refractivity contribution < 1.29 is 0 Å². The van der Waals surface area contributed by atoms with Crippen LogP contribution >= 0.6 is 23.2 Å². The van der Waals surface area contributed by atoms with E-state index in [1.165, 1.54) is 0 Å². The van der Waals surface area contributed by atoms with Crippen LogP contribution in [0.1, 0.15) is 0 Å². The van der Waals surface area contributed by atoms with Gasteiger partial charge in [-0.25, -0.2) is 0 Å². The van der Waals surface area contributed by atoms with Crippen LogP contribution in [-0.4, -0.2) is 0 Å². The van der Waals surface area contributed by atoms with Crippen LogP contribution in [0.25, 0.3) is 0 Å². The number of nitrogen functional groups attached to an aromatic ring is 2. The van der Waals surface area contributed by atoms with Gasteiger partial charge < -0.3 is 11.5 Å². The molecule has 0 bridgehead atoms. The van der Waals surface area contributed by atoms with Crippen LogP contribution < -0.4 is 11.5 Å². The summed E-state index contributed by atoms with van der Waals surface area (Å²) in [6, 6.07) is 10.1. The summed E-state index contributed by atoms with van der Waals surface area (Å²) in [6.45, 7) is 0. The summed E-state index contributed by atoms with van der Waals surface area (Å²) in [4.78, 5) is 0. The Balaban J connectivity index is 2.24.